The maximum absolute atomic E-state index is 6.19. The summed E-state index contributed by atoms with van der Waals surface area (Å²) in [5.41, 5.74) is 3.01. The normalized spacial score (nSPS) is 11.3. The molecule has 0 amide bonds. The Labute approximate surface area is 126 Å². The Morgan fingerprint density at radius 3 is 2.80 bits per heavy atom. The van der Waals surface area contributed by atoms with Crippen molar-refractivity contribution >= 4 is 34.2 Å². The summed E-state index contributed by atoms with van der Waals surface area (Å²) >= 11 is 12.2. The summed E-state index contributed by atoms with van der Waals surface area (Å²) in [4.78, 5) is 4.53. The first-order valence-electron chi connectivity index (χ1n) is 6.37. The van der Waals surface area contributed by atoms with Gasteiger partial charge in [0.15, 0.2) is 0 Å². The van der Waals surface area contributed by atoms with Crippen LogP contribution in [0.15, 0.2) is 30.5 Å². The number of fused-ring (bicyclic) bond motifs is 1. The van der Waals surface area contributed by atoms with E-state index in [-0.39, 0.29) is 0 Å². The minimum absolute atomic E-state index is 0.371. The van der Waals surface area contributed by atoms with Crippen molar-refractivity contribution < 1.29 is 0 Å². The molecule has 0 unspecified atom stereocenters. The van der Waals surface area contributed by atoms with E-state index in [0.717, 1.165) is 29.8 Å². The Bertz CT molecular complexity index is 745. The monoisotopic (exact) mass is 308 g/mol. The van der Waals surface area contributed by atoms with Crippen LogP contribution in [0.4, 0.5) is 0 Å². The lowest BCUT2D eigenvalue weighted by Crippen LogP contribution is -2.07. The lowest BCUT2D eigenvalue weighted by molar-refractivity contribution is 0.634. The van der Waals surface area contributed by atoms with Crippen LogP contribution in [0.2, 0.25) is 5.02 Å². The Hall–Kier alpha value is -1.52. The Kier molecular flexibility index (Phi) is 3.68. The zero-order valence-corrected chi connectivity index (χ0v) is 12.6. The third kappa shape index (κ3) is 2.30. The number of benzene rings is 1. The van der Waals surface area contributed by atoms with Gasteiger partial charge in [-0.05, 0) is 18.2 Å². The van der Waals surface area contributed by atoms with E-state index in [1.54, 1.807) is 6.20 Å². The van der Waals surface area contributed by atoms with Crippen LogP contribution in [0.1, 0.15) is 11.5 Å². The Morgan fingerprint density at radius 1 is 1.25 bits per heavy atom. The average Bonchev–Trinajstić information content (AvgIpc) is 3.01. The standard InChI is InChI=1S/C14H14Cl2N4/c1-19-10(5-7-17-19)6-8-20-12-4-2-3-11(16)14(12)18-13(20)9-15/h2-5,7H,6,8-9H2,1H3. The molecule has 0 aliphatic carbocycles. The van der Waals surface area contributed by atoms with E-state index in [1.165, 1.54) is 5.69 Å². The molecule has 4 nitrogen and oxygen atoms in total. The van der Waals surface area contributed by atoms with Crippen molar-refractivity contribution in [1.29, 1.82) is 0 Å². The first kappa shape index (κ1) is 13.5. The third-order valence-corrected chi connectivity index (χ3v) is 3.99. The van der Waals surface area contributed by atoms with E-state index in [2.05, 4.69) is 14.6 Å². The van der Waals surface area contributed by atoms with E-state index >= 15 is 0 Å². The van der Waals surface area contributed by atoms with Gasteiger partial charge in [-0.2, -0.15) is 5.10 Å². The molecule has 3 rings (SSSR count). The van der Waals surface area contributed by atoms with Gasteiger partial charge in [0.25, 0.3) is 0 Å². The lowest BCUT2D eigenvalue weighted by Gasteiger charge is -2.08. The first-order chi connectivity index (χ1) is 9.70. The van der Waals surface area contributed by atoms with Gasteiger partial charge in [0.2, 0.25) is 0 Å². The highest BCUT2D eigenvalue weighted by molar-refractivity contribution is 6.35. The summed E-state index contributed by atoms with van der Waals surface area (Å²) in [6.07, 6.45) is 2.68. The molecule has 0 N–H and O–H groups in total. The van der Waals surface area contributed by atoms with Crippen LogP contribution in [0.3, 0.4) is 0 Å². The molecule has 0 aliphatic heterocycles. The molecular formula is C14H14Cl2N4. The second-order valence-electron chi connectivity index (χ2n) is 4.62. The van der Waals surface area contributed by atoms with E-state index in [9.17, 15) is 0 Å². The highest BCUT2D eigenvalue weighted by atomic mass is 35.5. The fourth-order valence-electron chi connectivity index (χ4n) is 2.39. The number of nitrogens with zero attached hydrogens (tertiary/aromatic N) is 4. The second-order valence-corrected chi connectivity index (χ2v) is 5.29. The highest BCUT2D eigenvalue weighted by Gasteiger charge is 2.12. The summed E-state index contributed by atoms with van der Waals surface area (Å²) in [7, 11) is 1.95. The number of imidazole rings is 1. The fraction of sp³-hybridized carbons (Fsp3) is 0.286. The lowest BCUT2D eigenvalue weighted by atomic mass is 10.3. The van der Waals surface area contributed by atoms with Crippen molar-refractivity contribution in [2.45, 2.75) is 18.8 Å². The molecule has 0 atom stereocenters. The number of alkyl halides is 1. The predicted molar refractivity (Wildman–Crippen MR) is 81.2 cm³/mol. The molecule has 6 heteroatoms. The smallest absolute Gasteiger partial charge is 0.124 e. The molecule has 0 fully saturated rings. The molecule has 0 radical (unpaired) electrons. The number of hydrogen-bond acceptors (Lipinski definition) is 2. The van der Waals surface area contributed by atoms with Crippen LogP contribution >= 0.6 is 23.2 Å². The predicted octanol–water partition coefficient (Wildman–Crippen LogP) is 3.40. The molecule has 0 bridgehead atoms. The molecule has 1 aromatic carbocycles. The average molecular weight is 309 g/mol. The minimum atomic E-state index is 0.371. The molecule has 2 heterocycles. The fourth-order valence-corrected chi connectivity index (χ4v) is 2.80. The van der Waals surface area contributed by atoms with Gasteiger partial charge in [0.05, 0.1) is 16.4 Å². The molecule has 0 saturated carbocycles. The van der Waals surface area contributed by atoms with E-state index in [4.69, 9.17) is 23.2 Å². The van der Waals surface area contributed by atoms with Crippen molar-refractivity contribution in [3.63, 3.8) is 0 Å². The highest BCUT2D eigenvalue weighted by Crippen LogP contribution is 2.25. The Balaban J connectivity index is 1.98. The number of rotatable bonds is 4. The van der Waals surface area contributed by atoms with Gasteiger partial charge in [-0.25, -0.2) is 4.98 Å². The van der Waals surface area contributed by atoms with Gasteiger partial charge in [-0.3, -0.25) is 4.68 Å². The largest absolute Gasteiger partial charge is 0.327 e. The van der Waals surface area contributed by atoms with Crippen molar-refractivity contribution in [3.8, 4) is 0 Å². The maximum Gasteiger partial charge on any atom is 0.124 e. The van der Waals surface area contributed by atoms with E-state index in [0.29, 0.717) is 10.9 Å². The molecule has 0 spiro atoms. The number of aromatic nitrogens is 4. The maximum atomic E-state index is 6.19. The van der Waals surface area contributed by atoms with Gasteiger partial charge in [0.1, 0.15) is 11.3 Å². The zero-order valence-electron chi connectivity index (χ0n) is 11.1. The van der Waals surface area contributed by atoms with Gasteiger partial charge < -0.3 is 4.57 Å². The van der Waals surface area contributed by atoms with Gasteiger partial charge in [-0.1, -0.05) is 17.7 Å². The van der Waals surface area contributed by atoms with Crippen molar-refractivity contribution in [3.05, 3.63) is 47.0 Å². The molecule has 0 aliphatic rings. The van der Waals surface area contributed by atoms with Crippen LogP contribution in [0.5, 0.6) is 0 Å². The first-order valence-corrected chi connectivity index (χ1v) is 7.28. The van der Waals surface area contributed by atoms with E-state index < -0.39 is 0 Å². The second kappa shape index (κ2) is 5.46. The molecule has 3 aromatic rings. The molecular weight excluding hydrogens is 295 g/mol. The zero-order chi connectivity index (χ0) is 14.1. The molecule has 0 saturated heterocycles. The van der Waals surface area contributed by atoms with Gasteiger partial charge >= 0.3 is 0 Å². The molecule has 2 aromatic heterocycles. The van der Waals surface area contributed by atoms with Gasteiger partial charge in [-0.15, -0.1) is 11.6 Å². The molecule has 20 heavy (non-hydrogen) atoms. The summed E-state index contributed by atoms with van der Waals surface area (Å²) in [6.45, 7) is 0.804. The quantitative estimate of drug-likeness (QED) is 0.692. The number of para-hydroxylation sites is 1. The third-order valence-electron chi connectivity index (χ3n) is 3.44. The van der Waals surface area contributed by atoms with Crippen molar-refractivity contribution in [2.75, 3.05) is 0 Å². The minimum Gasteiger partial charge on any atom is -0.327 e. The van der Waals surface area contributed by atoms with Crippen LogP contribution in [-0.4, -0.2) is 19.3 Å². The van der Waals surface area contributed by atoms with Crippen LogP contribution in [0.25, 0.3) is 11.0 Å². The van der Waals surface area contributed by atoms with Crippen molar-refractivity contribution in [2.24, 2.45) is 7.05 Å². The van der Waals surface area contributed by atoms with Crippen molar-refractivity contribution in [1.82, 2.24) is 19.3 Å². The summed E-state index contributed by atoms with van der Waals surface area (Å²) in [6, 6.07) is 7.82. The summed E-state index contributed by atoms with van der Waals surface area (Å²) in [5.74, 6) is 1.22. The van der Waals surface area contributed by atoms with Crippen LogP contribution in [-0.2, 0) is 25.9 Å². The Morgan fingerprint density at radius 2 is 2.10 bits per heavy atom. The number of halogens is 2. The number of hydrogen-bond donors (Lipinski definition) is 0. The van der Waals surface area contributed by atoms with Crippen LogP contribution in [0, 0.1) is 0 Å². The summed E-state index contributed by atoms with van der Waals surface area (Å²) in [5, 5.41) is 4.84. The summed E-state index contributed by atoms with van der Waals surface area (Å²) < 4.78 is 4.01. The number of aryl methyl sites for hydroxylation is 3. The molecule has 104 valence electrons. The van der Waals surface area contributed by atoms with E-state index in [1.807, 2.05) is 36.0 Å². The topological polar surface area (TPSA) is 35.6 Å². The van der Waals surface area contributed by atoms with Crippen LogP contribution < -0.4 is 0 Å². The van der Waals surface area contributed by atoms with Gasteiger partial charge in [0, 0.05) is 31.9 Å². The SMILES string of the molecule is Cn1nccc1CCn1c(CCl)nc2c(Cl)cccc21.